The summed E-state index contributed by atoms with van der Waals surface area (Å²) in [6, 6.07) is 7.07. The molecule has 0 aliphatic heterocycles. The van der Waals surface area contributed by atoms with Crippen LogP contribution in [0.3, 0.4) is 0 Å². The van der Waals surface area contributed by atoms with E-state index in [2.05, 4.69) is 59.7 Å². The lowest BCUT2D eigenvalue weighted by Crippen LogP contribution is -2.53. The molecule has 0 heterocycles. The molecule has 0 fully saturated rings. The summed E-state index contributed by atoms with van der Waals surface area (Å²) in [6.07, 6.45) is 1.73. The number of para-hydroxylation sites is 1. The first kappa shape index (κ1) is 22.6. The second kappa shape index (κ2) is 8.52. The van der Waals surface area contributed by atoms with Crippen molar-refractivity contribution in [2.75, 3.05) is 0 Å². The molecule has 1 N–H and O–H groups in total. The maximum Gasteiger partial charge on any atom is 0.314 e. The molecule has 1 aromatic carbocycles. The number of rotatable bonds is 9. The normalized spacial score (nSPS) is 14.6. The molecule has 0 amide bonds. The van der Waals surface area contributed by atoms with Crippen LogP contribution in [0, 0.1) is 5.92 Å². The summed E-state index contributed by atoms with van der Waals surface area (Å²) >= 11 is 0. The van der Waals surface area contributed by atoms with Gasteiger partial charge in [-0.05, 0) is 81.8 Å². The molecule has 1 atom stereocenters. The highest BCUT2D eigenvalue weighted by Crippen LogP contribution is 2.31. The molecule has 0 spiro atoms. The molecule has 1 aromatic rings. The highest BCUT2D eigenvalue weighted by molar-refractivity contribution is 6.87. The number of aromatic hydroxyl groups is 1. The van der Waals surface area contributed by atoms with E-state index in [0.29, 0.717) is 11.7 Å². The predicted octanol–water partition coefficient (Wildman–Crippen LogP) is 5.91. The summed E-state index contributed by atoms with van der Waals surface area (Å²) < 4.78 is 13.2. The maximum absolute atomic E-state index is 10.5. The van der Waals surface area contributed by atoms with E-state index in [1.165, 1.54) is 0 Å². The van der Waals surface area contributed by atoms with Crippen molar-refractivity contribution in [1.29, 1.82) is 0 Å². The third-order valence-corrected chi connectivity index (χ3v) is 13.7. The first-order chi connectivity index (χ1) is 11.2. The van der Waals surface area contributed by atoms with Gasteiger partial charge in [0, 0.05) is 0 Å². The standard InChI is InChI=1S/C19H38O3Si3/c1-10-17-12-11-13-18(19(17)20)14-16(2)15-25(9,21-23(3,4)5)22-24(6,7)8/h11-13,16,20H,10,14-15H2,1-9H3. The van der Waals surface area contributed by atoms with Gasteiger partial charge >= 0.3 is 8.56 Å². The van der Waals surface area contributed by atoms with Gasteiger partial charge in [0.15, 0.2) is 16.6 Å². The highest BCUT2D eigenvalue weighted by Gasteiger charge is 2.41. The molecule has 25 heavy (non-hydrogen) atoms. The van der Waals surface area contributed by atoms with Crippen LogP contribution >= 0.6 is 0 Å². The van der Waals surface area contributed by atoms with Gasteiger partial charge in [0.25, 0.3) is 0 Å². The first-order valence-corrected chi connectivity index (χ1v) is 18.8. The molecule has 6 heteroatoms. The molecule has 0 aromatic heterocycles. The van der Waals surface area contributed by atoms with Crippen LogP contribution in [0.15, 0.2) is 18.2 Å². The minimum Gasteiger partial charge on any atom is -0.507 e. The van der Waals surface area contributed by atoms with Crippen LogP contribution in [-0.2, 0) is 21.1 Å². The first-order valence-electron chi connectivity index (χ1n) is 9.45. The Morgan fingerprint density at radius 1 is 0.920 bits per heavy atom. The van der Waals surface area contributed by atoms with Gasteiger partial charge in [-0.25, -0.2) is 0 Å². The van der Waals surface area contributed by atoms with Crippen molar-refractivity contribution in [1.82, 2.24) is 0 Å². The lowest BCUT2D eigenvalue weighted by atomic mass is 9.98. The molecule has 0 saturated carbocycles. The van der Waals surface area contributed by atoms with Crippen LogP contribution < -0.4 is 0 Å². The summed E-state index contributed by atoms with van der Waals surface area (Å²) in [5.41, 5.74) is 2.07. The second-order valence-corrected chi connectivity index (χ2v) is 22.1. The van der Waals surface area contributed by atoms with Crippen LogP contribution in [0.1, 0.15) is 25.0 Å². The van der Waals surface area contributed by atoms with Crippen molar-refractivity contribution < 1.29 is 13.3 Å². The number of hydrogen-bond acceptors (Lipinski definition) is 3. The molecule has 0 aliphatic rings. The zero-order valence-corrected chi connectivity index (χ0v) is 20.7. The fourth-order valence-electron chi connectivity index (χ4n) is 3.57. The van der Waals surface area contributed by atoms with Gasteiger partial charge in [0.1, 0.15) is 5.75 Å². The number of hydrogen-bond donors (Lipinski definition) is 1. The smallest absolute Gasteiger partial charge is 0.314 e. The molecule has 1 rings (SSSR count). The van der Waals surface area contributed by atoms with E-state index in [0.717, 1.165) is 30.0 Å². The lowest BCUT2D eigenvalue weighted by molar-refractivity contribution is 0.368. The molecule has 0 saturated heterocycles. The molecule has 0 bridgehead atoms. The highest BCUT2D eigenvalue weighted by atomic mass is 28.5. The van der Waals surface area contributed by atoms with Gasteiger partial charge in [0.2, 0.25) is 0 Å². The van der Waals surface area contributed by atoms with E-state index in [1.807, 2.05) is 18.2 Å². The zero-order valence-electron chi connectivity index (χ0n) is 17.7. The summed E-state index contributed by atoms with van der Waals surface area (Å²) in [5, 5.41) is 10.5. The molecule has 1 unspecified atom stereocenters. The van der Waals surface area contributed by atoms with Gasteiger partial charge in [-0.15, -0.1) is 0 Å². The van der Waals surface area contributed by atoms with E-state index < -0.39 is 25.2 Å². The number of phenolic OH excluding ortho intramolecular Hbond substituents is 1. The molecule has 0 aliphatic carbocycles. The zero-order chi connectivity index (χ0) is 19.5. The van der Waals surface area contributed by atoms with Crippen molar-refractivity contribution >= 4 is 25.2 Å². The Kier molecular flexibility index (Phi) is 7.71. The van der Waals surface area contributed by atoms with E-state index in [-0.39, 0.29) is 0 Å². The quantitative estimate of drug-likeness (QED) is 0.526. The van der Waals surface area contributed by atoms with Crippen LogP contribution in [0.5, 0.6) is 5.75 Å². The average molecular weight is 399 g/mol. The molecule has 3 nitrogen and oxygen atoms in total. The third-order valence-electron chi connectivity index (χ3n) is 3.92. The Balaban J connectivity index is 2.93. The summed E-state index contributed by atoms with van der Waals surface area (Å²) in [5.74, 6) is 0.889. The second-order valence-electron chi connectivity index (χ2n) is 9.35. The van der Waals surface area contributed by atoms with E-state index >= 15 is 0 Å². The summed E-state index contributed by atoms with van der Waals surface area (Å²) in [4.78, 5) is 0. The van der Waals surface area contributed by atoms with Crippen molar-refractivity contribution in [3.8, 4) is 5.75 Å². The predicted molar refractivity (Wildman–Crippen MR) is 116 cm³/mol. The molecular weight excluding hydrogens is 360 g/mol. The SMILES string of the molecule is CCc1cccc(CC(C)C[Si](C)(O[Si](C)(C)C)O[Si](C)(C)C)c1O. The Bertz CT molecular complexity index is 546. The molecular formula is C19H38O3Si3. The van der Waals surface area contributed by atoms with E-state index in [1.54, 1.807) is 0 Å². The summed E-state index contributed by atoms with van der Waals surface area (Å²) in [7, 11) is -5.57. The monoisotopic (exact) mass is 398 g/mol. The van der Waals surface area contributed by atoms with Gasteiger partial charge in [-0.1, -0.05) is 32.0 Å². The fourth-order valence-corrected chi connectivity index (χ4v) is 16.6. The van der Waals surface area contributed by atoms with Crippen molar-refractivity contribution in [2.24, 2.45) is 5.92 Å². The van der Waals surface area contributed by atoms with Gasteiger partial charge in [-0.3, -0.25) is 0 Å². The van der Waals surface area contributed by atoms with E-state index in [9.17, 15) is 5.11 Å². The Hall–Kier alpha value is -0.409. The van der Waals surface area contributed by atoms with Crippen molar-refractivity contribution in [3.05, 3.63) is 29.3 Å². The van der Waals surface area contributed by atoms with Crippen LogP contribution in [0.4, 0.5) is 0 Å². The lowest BCUT2D eigenvalue weighted by Gasteiger charge is -2.39. The van der Waals surface area contributed by atoms with Crippen LogP contribution in [-0.4, -0.2) is 30.3 Å². The van der Waals surface area contributed by atoms with Crippen LogP contribution in [0.25, 0.3) is 0 Å². The largest absolute Gasteiger partial charge is 0.507 e. The van der Waals surface area contributed by atoms with Gasteiger partial charge in [-0.2, -0.15) is 0 Å². The Morgan fingerprint density at radius 3 is 1.84 bits per heavy atom. The van der Waals surface area contributed by atoms with Crippen LogP contribution in [0.2, 0.25) is 51.9 Å². The average Bonchev–Trinajstić information content (AvgIpc) is 2.35. The number of phenols is 1. The van der Waals surface area contributed by atoms with Crippen molar-refractivity contribution in [3.63, 3.8) is 0 Å². The number of benzene rings is 1. The number of aryl methyl sites for hydroxylation is 1. The third kappa shape index (κ3) is 8.21. The Labute approximate surface area is 158 Å². The maximum atomic E-state index is 10.5. The summed E-state index contributed by atoms with van der Waals surface area (Å²) in [6.45, 7) is 20.0. The minimum atomic E-state index is -2.23. The topological polar surface area (TPSA) is 38.7 Å². The van der Waals surface area contributed by atoms with Crippen molar-refractivity contribution in [2.45, 2.75) is 78.6 Å². The Morgan fingerprint density at radius 2 is 1.40 bits per heavy atom. The minimum absolute atomic E-state index is 0.419. The van der Waals surface area contributed by atoms with Gasteiger partial charge in [0.05, 0.1) is 0 Å². The fraction of sp³-hybridized carbons (Fsp3) is 0.684. The van der Waals surface area contributed by atoms with Gasteiger partial charge < -0.3 is 13.3 Å². The van der Waals surface area contributed by atoms with E-state index in [4.69, 9.17) is 8.23 Å². The molecule has 0 radical (unpaired) electrons. The molecule has 144 valence electrons.